The van der Waals surface area contributed by atoms with Crippen LogP contribution >= 0.6 is 11.6 Å². The lowest BCUT2D eigenvalue weighted by molar-refractivity contribution is -0.137. The Bertz CT molecular complexity index is 1180. The standard InChI is InChI=1S/C18H17ClF3N5O2S/c1-30(28,29)24-9-10-3-2-4-12(5-10)16-13(18(20,21)22)6-11(7-14(16)19)8-15-25-17(23)27-26-15/h2-7,24H,8-9H2,1H3,(H3,23,25,26,27). The summed E-state index contributed by atoms with van der Waals surface area (Å²) in [6.07, 6.45) is -3.64. The van der Waals surface area contributed by atoms with Crippen molar-refractivity contribution in [1.82, 2.24) is 19.9 Å². The third kappa shape index (κ3) is 5.49. The van der Waals surface area contributed by atoms with Gasteiger partial charge < -0.3 is 5.73 Å². The largest absolute Gasteiger partial charge is 0.417 e. The molecule has 30 heavy (non-hydrogen) atoms. The number of nitrogens with one attached hydrogen (secondary N) is 2. The van der Waals surface area contributed by atoms with Gasteiger partial charge in [-0.25, -0.2) is 13.1 Å². The first-order valence-corrected chi connectivity index (χ1v) is 10.8. The number of nitrogens with two attached hydrogens (primary N) is 1. The van der Waals surface area contributed by atoms with E-state index in [1.165, 1.54) is 24.3 Å². The molecule has 3 aromatic rings. The third-order valence-electron chi connectivity index (χ3n) is 4.13. The van der Waals surface area contributed by atoms with Crippen LogP contribution in [-0.2, 0) is 29.2 Å². The van der Waals surface area contributed by atoms with Gasteiger partial charge in [-0.1, -0.05) is 29.8 Å². The van der Waals surface area contributed by atoms with E-state index in [4.69, 9.17) is 17.3 Å². The van der Waals surface area contributed by atoms with Crippen LogP contribution in [0.3, 0.4) is 0 Å². The zero-order valence-electron chi connectivity index (χ0n) is 15.6. The van der Waals surface area contributed by atoms with Crippen molar-refractivity contribution in [2.75, 3.05) is 12.0 Å². The highest BCUT2D eigenvalue weighted by Gasteiger charge is 2.35. The molecule has 0 radical (unpaired) electrons. The highest BCUT2D eigenvalue weighted by Crippen LogP contribution is 2.42. The average molecular weight is 460 g/mol. The van der Waals surface area contributed by atoms with Crippen molar-refractivity contribution in [2.24, 2.45) is 0 Å². The summed E-state index contributed by atoms with van der Waals surface area (Å²) in [5.74, 6) is 0.293. The lowest BCUT2D eigenvalue weighted by atomic mass is 9.94. The van der Waals surface area contributed by atoms with Crippen LogP contribution in [0.5, 0.6) is 0 Å². The molecule has 0 unspecified atom stereocenters. The molecule has 0 spiro atoms. The molecule has 0 bridgehead atoms. The van der Waals surface area contributed by atoms with Gasteiger partial charge in [0, 0.05) is 23.6 Å². The van der Waals surface area contributed by atoms with Gasteiger partial charge in [0.1, 0.15) is 5.82 Å². The van der Waals surface area contributed by atoms with Crippen LogP contribution < -0.4 is 10.5 Å². The van der Waals surface area contributed by atoms with Gasteiger partial charge >= 0.3 is 6.18 Å². The molecule has 4 N–H and O–H groups in total. The Labute approximate surface area is 175 Å². The summed E-state index contributed by atoms with van der Waals surface area (Å²) in [6.45, 7) is -0.0589. The molecular weight excluding hydrogens is 443 g/mol. The molecule has 2 aromatic carbocycles. The zero-order valence-corrected chi connectivity index (χ0v) is 17.2. The van der Waals surface area contributed by atoms with Gasteiger partial charge in [0.25, 0.3) is 0 Å². The lowest BCUT2D eigenvalue weighted by Gasteiger charge is -2.17. The van der Waals surface area contributed by atoms with Crippen LogP contribution in [-0.4, -0.2) is 29.9 Å². The number of benzene rings is 2. The average Bonchev–Trinajstić information content (AvgIpc) is 3.03. The number of aromatic nitrogens is 3. The van der Waals surface area contributed by atoms with Crippen molar-refractivity contribution in [3.63, 3.8) is 0 Å². The maximum Gasteiger partial charge on any atom is 0.417 e. The van der Waals surface area contributed by atoms with Gasteiger partial charge in [-0.2, -0.15) is 18.2 Å². The number of alkyl halides is 3. The predicted octanol–water partition coefficient (Wildman–Crippen LogP) is 3.37. The van der Waals surface area contributed by atoms with Crippen LogP contribution in [0, 0.1) is 0 Å². The predicted molar refractivity (Wildman–Crippen MR) is 107 cm³/mol. The molecule has 160 valence electrons. The molecule has 0 saturated carbocycles. The van der Waals surface area contributed by atoms with Crippen molar-refractivity contribution in [1.29, 1.82) is 0 Å². The Morgan fingerprint density at radius 2 is 1.93 bits per heavy atom. The number of hydrogen-bond donors (Lipinski definition) is 3. The highest BCUT2D eigenvalue weighted by molar-refractivity contribution is 7.88. The first-order valence-electron chi connectivity index (χ1n) is 8.53. The minimum Gasteiger partial charge on any atom is -0.367 e. The second kappa shape index (κ2) is 8.25. The smallest absolute Gasteiger partial charge is 0.367 e. The van der Waals surface area contributed by atoms with E-state index in [0.717, 1.165) is 12.3 Å². The number of halogens is 4. The van der Waals surface area contributed by atoms with Crippen molar-refractivity contribution in [3.05, 3.63) is 63.9 Å². The molecule has 7 nitrogen and oxygen atoms in total. The molecule has 1 aromatic heterocycles. The number of sulfonamides is 1. The number of rotatable bonds is 6. The summed E-state index contributed by atoms with van der Waals surface area (Å²) >= 11 is 6.27. The summed E-state index contributed by atoms with van der Waals surface area (Å²) in [4.78, 5) is 3.89. The molecule has 0 amide bonds. The number of nitrogen functional groups attached to an aromatic ring is 1. The summed E-state index contributed by atoms with van der Waals surface area (Å²) in [5.41, 5.74) is 5.31. The van der Waals surface area contributed by atoms with E-state index in [9.17, 15) is 21.6 Å². The number of hydrogen-bond acceptors (Lipinski definition) is 5. The second-order valence-electron chi connectivity index (χ2n) is 6.61. The first-order chi connectivity index (χ1) is 13.9. The summed E-state index contributed by atoms with van der Waals surface area (Å²) in [6, 6.07) is 8.51. The minimum absolute atomic E-state index is 0.0109. The maximum absolute atomic E-state index is 13.8. The number of anilines is 1. The van der Waals surface area contributed by atoms with Crippen LogP contribution in [0.25, 0.3) is 11.1 Å². The topological polar surface area (TPSA) is 114 Å². The van der Waals surface area contributed by atoms with Crippen LogP contribution in [0.15, 0.2) is 36.4 Å². The summed E-state index contributed by atoms with van der Waals surface area (Å²) < 4.78 is 66.4. The fourth-order valence-corrected chi connectivity index (χ4v) is 3.70. The lowest BCUT2D eigenvalue weighted by Crippen LogP contribution is -2.21. The Morgan fingerprint density at radius 1 is 1.20 bits per heavy atom. The van der Waals surface area contributed by atoms with Gasteiger partial charge in [-0.3, -0.25) is 5.10 Å². The number of aromatic amines is 1. The van der Waals surface area contributed by atoms with Crippen LogP contribution in [0.4, 0.5) is 19.1 Å². The van der Waals surface area contributed by atoms with E-state index in [-0.39, 0.29) is 40.6 Å². The molecule has 0 aliphatic heterocycles. The summed E-state index contributed by atoms with van der Waals surface area (Å²) in [7, 11) is -3.45. The molecule has 0 aliphatic carbocycles. The van der Waals surface area contributed by atoms with Gasteiger partial charge in [0.15, 0.2) is 0 Å². The van der Waals surface area contributed by atoms with Gasteiger partial charge in [-0.15, -0.1) is 5.10 Å². The van der Waals surface area contributed by atoms with Gasteiger partial charge in [0.2, 0.25) is 16.0 Å². The van der Waals surface area contributed by atoms with Crippen LogP contribution in [0.1, 0.15) is 22.5 Å². The van der Waals surface area contributed by atoms with Crippen molar-refractivity contribution in [3.8, 4) is 11.1 Å². The monoisotopic (exact) mass is 459 g/mol. The Hall–Kier alpha value is -2.63. The maximum atomic E-state index is 13.8. The van der Waals surface area contributed by atoms with E-state index in [2.05, 4.69) is 19.9 Å². The molecule has 1 heterocycles. The minimum atomic E-state index is -4.67. The van der Waals surface area contributed by atoms with Gasteiger partial charge in [0.05, 0.1) is 11.8 Å². The Kier molecular flexibility index (Phi) is 6.06. The van der Waals surface area contributed by atoms with E-state index < -0.39 is 21.8 Å². The highest BCUT2D eigenvalue weighted by atomic mass is 35.5. The fraction of sp³-hybridized carbons (Fsp3) is 0.222. The van der Waals surface area contributed by atoms with Crippen LogP contribution in [0.2, 0.25) is 5.02 Å². The number of H-pyrrole nitrogens is 1. The van der Waals surface area contributed by atoms with E-state index in [1.54, 1.807) is 6.07 Å². The summed E-state index contributed by atoms with van der Waals surface area (Å²) in [5, 5.41) is 6.10. The third-order valence-corrected chi connectivity index (χ3v) is 5.10. The molecule has 12 heteroatoms. The van der Waals surface area contributed by atoms with E-state index in [0.29, 0.717) is 11.4 Å². The normalized spacial score (nSPS) is 12.3. The van der Waals surface area contributed by atoms with E-state index >= 15 is 0 Å². The Morgan fingerprint density at radius 3 is 2.53 bits per heavy atom. The molecule has 0 aliphatic rings. The first kappa shape index (κ1) is 22.1. The molecule has 3 rings (SSSR count). The molecule has 0 fully saturated rings. The number of nitrogens with zero attached hydrogens (tertiary/aromatic N) is 2. The molecule has 0 saturated heterocycles. The van der Waals surface area contributed by atoms with Crippen molar-refractivity contribution in [2.45, 2.75) is 19.1 Å². The molecule has 0 atom stereocenters. The second-order valence-corrected chi connectivity index (χ2v) is 8.85. The molecular formula is C18H17ClF3N5O2S. The SMILES string of the molecule is CS(=O)(=O)NCc1cccc(-c2c(Cl)cc(Cc3nc(N)n[nH]3)cc2C(F)(F)F)c1. The fourth-order valence-electron chi connectivity index (χ4n) is 2.92. The quantitative estimate of drug-likeness (QED) is 0.523. The van der Waals surface area contributed by atoms with E-state index in [1.807, 2.05) is 0 Å². The van der Waals surface area contributed by atoms with Crippen molar-refractivity contribution < 1.29 is 21.6 Å². The van der Waals surface area contributed by atoms with Crippen molar-refractivity contribution >= 4 is 27.6 Å². The zero-order chi connectivity index (χ0) is 22.1. The Balaban J connectivity index is 2.04. The van der Waals surface area contributed by atoms with Gasteiger partial charge in [-0.05, 0) is 34.9 Å².